The smallest absolute Gasteiger partial charge is 0.251 e. The van der Waals surface area contributed by atoms with Crippen molar-refractivity contribution in [1.82, 2.24) is 15.5 Å². The summed E-state index contributed by atoms with van der Waals surface area (Å²) in [6.07, 6.45) is 1.78. The highest BCUT2D eigenvalue weighted by atomic mass is 32.1. The molecule has 0 aromatic carbocycles. The Morgan fingerprint density at radius 2 is 2.14 bits per heavy atom. The quantitative estimate of drug-likeness (QED) is 0.912. The SMILES string of the molecule is CC(C)(C)c1nnc(N2CCOC(C(=O)NC3CC3)C2)s1. The molecule has 116 valence electrons. The molecule has 1 amide bonds. The van der Waals surface area contributed by atoms with E-state index < -0.39 is 6.10 Å². The highest BCUT2D eigenvalue weighted by molar-refractivity contribution is 7.15. The standard InChI is InChI=1S/C14H22N4O2S/c1-14(2,3)12-16-17-13(21-12)18-6-7-20-10(8-18)11(19)15-9-4-5-9/h9-10H,4-8H2,1-3H3,(H,15,19). The Bertz CT molecular complexity index is 521. The molecule has 1 atom stereocenters. The van der Waals surface area contributed by atoms with Crippen LogP contribution >= 0.6 is 11.3 Å². The van der Waals surface area contributed by atoms with Crippen molar-refractivity contribution in [2.75, 3.05) is 24.6 Å². The summed E-state index contributed by atoms with van der Waals surface area (Å²) in [7, 11) is 0. The first-order chi connectivity index (χ1) is 9.93. The molecule has 1 saturated heterocycles. The van der Waals surface area contributed by atoms with Crippen LogP contribution in [-0.2, 0) is 14.9 Å². The van der Waals surface area contributed by atoms with E-state index in [0.29, 0.717) is 19.2 Å². The number of anilines is 1. The molecule has 2 fully saturated rings. The second-order valence-electron chi connectivity index (χ2n) is 6.73. The molecule has 21 heavy (non-hydrogen) atoms. The van der Waals surface area contributed by atoms with Crippen molar-refractivity contribution in [2.45, 2.75) is 51.2 Å². The first-order valence-electron chi connectivity index (χ1n) is 7.44. The molecule has 0 bridgehead atoms. The maximum absolute atomic E-state index is 12.1. The zero-order valence-electron chi connectivity index (χ0n) is 12.8. The molecule has 1 unspecified atom stereocenters. The van der Waals surface area contributed by atoms with E-state index in [9.17, 15) is 4.79 Å². The van der Waals surface area contributed by atoms with Crippen molar-refractivity contribution in [3.05, 3.63) is 5.01 Å². The number of morpholine rings is 1. The summed E-state index contributed by atoms with van der Waals surface area (Å²) in [6.45, 7) is 8.24. The number of rotatable bonds is 3. The second-order valence-corrected chi connectivity index (χ2v) is 7.68. The van der Waals surface area contributed by atoms with Gasteiger partial charge in [0.25, 0.3) is 5.91 Å². The predicted octanol–water partition coefficient (Wildman–Crippen LogP) is 1.32. The Balaban J connectivity index is 1.65. The molecule has 1 N–H and O–H groups in total. The molecule has 1 aliphatic carbocycles. The van der Waals surface area contributed by atoms with E-state index in [4.69, 9.17) is 4.74 Å². The molecule has 1 aliphatic heterocycles. The molecule has 3 rings (SSSR count). The first-order valence-corrected chi connectivity index (χ1v) is 8.26. The summed E-state index contributed by atoms with van der Waals surface area (Å²) in [4.78, 5) is 14.2. The van der Waals surface area contributed by atoms with Crippen LogP contribution in [-0.4, -0.2) is 47.9 Å². The molecular weight excluding hydrogens is 288 g/mol. The van der Waals surface area contributed by atoms with Crippen molar-refractivity contribution < 1.29 is 9.53 Å². The number of nitrogens with zero attached hydrogens (tertiary/aromatic N) is 3. The minimum atomic E-state index is -0.402. The van der Waals surface area contributed by atoms with E-state index in [1.807, 2.05) is 0 Å². The Morgan fingerprint density at radius 1 is 1.38 bits per heavy atom. The third-order valence-corrected chi connectivity index (χ3v) is 5.02. The molecule has 1 aromatic heterocycles. The van der Waals surface area contributed by atoms with Gasteiger partial charge in [0.2, 0.25) is 5.13 Å². The molecule has 6 nitrogen and oxygen atoms in total. The summed E-state index contributed by atoms with van der Waals surface area (Å²) in [6, 6.07) is 0.366. The van der Waals surface area contributed by atoms with Gasteiger partial charge in [0.1, 0.15) is 5.01 Å². The molecule has 0 radical (unpaired) electrons. The molecule has 2 heterocycles. The van der Waals surface area contributed by atoms with Gasteiger partial charge in [-0.05, 0) is 12.8 Å². The summed E-state index contributed by atoms with van der Waals surface area (Å²) in [5.41, 5.74) is 0.00491. The van der Waals surface area contributed by atoms with Crippen molar-refractivity contribution in [3.8, 4) is 0 Å². The number of carbonyl (C=O) groups excluding carboxylic acids is 1. The van der Waals surface area contributed by atoms with Crippen LogP contribution < -0.4 is 10.2 Å². The number of ether oxygens (including phenoxy) is 1. The van der Waals surface area contributed by atoms with E-state index in [1.165, 1.54) is 0 Å². The minimum Gasteiger partial charge on any atom is -0.365 e. The maximum atomic E-state index is 12.1. The molecule has 1 aromatic rings. The van der Waals surface area contributed by atoms with Gasteiger partial charge in [0.15, 0.2) is 6.10 Å². The largest absolute Gasteiger partial charge is 0.365 e. The van der Waals surface area contributed by atoms with Gasteiger partial charge < -0.3 is 15.0 Å². The van der Waals surface area contributed by atoms with Crippen LogP contribution in [0.15, 0.2) is 0 Å². The van der Waals surface area contributed by atoms with Crippen LogP contribution in [0.1, 0.15) is 38.6 Å². The van der Waals surface area contributed by atoms with Crippen LogP contribution in [0.25, 0.3) is 0 Å². The molecule has 7 heteroatoms. The van der Waals surface area contributed by atoms with Crippen LogP contribution in [0, 0.1) is 0 Å². The monoisotopic (exact) mass is 310 g/mol. The van der Waals surface area contributed by atoms with Crippen LogP contribution in [0.2, 0.25) is 0 Å². The maximum Gasteiger partial charge on any atom is 0.251 e. The highest BCUT2D eigenvalue weighted by Crippen LogP contribution is 2.30. The molecular formula is C14H22N4O2S. The fourth-order valence-electron chi connectivity index (χ4n) is 2.15. The van der Waals surface area contributed by atoms with Gasteiger partial charge in [-0.25, -0.2) is 0 Å². The Morgan fingerprint density at radius 3 is 2.76 bits per heavy atom. The van der Waals surface area contributed by atoms with Crippen molar-refractivity contribution in [3.63, 3.8) is 0 Å². The topological polar surface area (TPSA) is 67.3 Å². The van der Waals surface area contributed by atoms with Gasteiger partial charge >= 0.3 is 0 Å². The lowest BCUT2D eigenvalue weighted by Crippen LogP contribution is -2.50. The summed E-state index contributed by atoms with van der Waals surface area (Å²) in [5, 5.41) is 13.5. The molecule has 2 aliphatic rings. The highest BCUT2D eigenvalue weighted by Gasteiger charge is 2.32. The van der Waals surface area contributed by atoms with E-state index in [2.05, 4.69) is 41.2 Å². The average molecular weight is 310 g/mol. The van der Waals surface area contributed by atoms with Gasteiger partial charge in [-0.1, -0.05) is 32.1 Å². The Kier molecular flexibility index (Phi) is 3.88. The van der Waals surface area contributed by atoms with Gasteiger partial charge in [-0.15, -0.1) is 10.2 Å². The van der Waals surface area contributed by atoms with Crippen LogP contribution in [0.3, 0.4) is 0 Å². The third kappa shape index (κ3) is 3.52. The Labute approximate surface area is 128 Å². The average Bonchev–Trinajstić information content (AvgIpc) is 3.09. The summed E-state index contributed by atoms with van der Waals surface area (Å²) >= 11 is 1.60. The molecule has 0 spiro atoms. The zero-order chi connectivity index (χ0) is 15.0. The number of nitrogens with one attached hydrogen (secondary N) is 1. The normalized spacial score (nSPS) is 23.2. The van der Waals surface area contributed by atoms with E-state index >= 15 is 0 Å². The van der Waals surface area contributed by atoms with E-state index in [0.717, 1.165) is 29.5 Å². The molecule has 1 saturated carbocycles. The van der Waals surface area contributed by atoms with Gasteiger partial charge in [0.05, 0.1) is 13.2 Å². The second kappa shape index (κ2) is 5.53. The number of amides is 1. The van der Waals surface area contributed by atoms with Crippen molar-refractivity contribution in [2.24, 2.45) is 0 Å². The lowest BCUT2D eigenvalue weighted by Gasteiger charge is -2.31. The number of carbonyl (C=O) groups is 1. The van der Waals surface area contributed by atoms with Gasteiger partial charge in [0, 0.05) is 18.0 Å². The Hall–Kier alpha value is -1.21. The van der Waals surface area contributed by atoms with Crippen molar-refractivity contribution in [1.29, 1.82) is 0 Å². The third-order valence-electron chi connectivity index (χ3n) is 3.61. The summed E-state index contributed by atoms with van der Waals surface area (Å²) in [5.74, 6) is 0.00256. The van der Waals surface area contributed by atoms with E-state index in [1.54, 1.807) is 11.3 Å². The van der Waals surface area contributed by atoms with Gasteiger partial charge in [-0.3, -0.25) is 4.79 Å². The van der Waals surface area contributed by atoms with Crippen molar-refractivity contribution >= 4 is 22.4 Å². The van der Waals surface area contributed by atoms with E-state index in [-0.39, 0.29) is 11.3 Å². The number of hydrogen-bond acceptors (Lipinski definition) is 6. The van der Waals surface area contributed by atoms with Crippen LogP contribution in [0.4, 0.5) is 5.13 Å². The fourth-order valence-corrected chi connectivity index (χ4v) is 3.09. The predicted molar refractivity (Wildman–Crippen MR) is 81.7 cm³/mol. The first kappa shape index (κ1) is 14.7. The van der Waals surface area contributed by atoms with Gasteiger partial charge in [-0.2, -0.15) is 0 Å². The lowest BCUT2D eigenvalue weighted by molar-refractivity contribution is -0.133. The number of hydrogen-bond donors (Lipinski definition) is 1. The lowest BCUT2D eigenvalue weighted by atomic mass is 9.98. The number of aromatic nitrogens is 2. The summed E-state index contributed by atoms with van der Waals surface area (Å²) < 4.78 is 5.60. The minimum absolute atomic E-state index is 0.00256. The van der Waals surface area contributed by atoms with Crippen LogP contribution in [0.5, 0.6) is 0 Å². The fraction of sp³-hybridized carbons (Fsp3) is 0.786. The zero-order valence-corrected chi connectivity index (χ0v) is 13.6.